The van der Waals surface area contributed by atoms with E-state index in [0.29, 0.717) is 29.1 Å². The van der Waals surface area contributed by atoms with E-state index in [0.717, 1.165) is 16.8 Å². The minimum absolute atomic E-state index is 0.414. The molecule has 0 saturated carbocycles. The van der Waals surface area contributed by atoms with Gasteiger partial charge in [-0.2, -0.15) is 16.7 Å². The van der Waals surface area contributed by atoms with Crippen LogP contribution < -0.4 is 5.32 Å². The zero-order valence-electron chi connectivity index (χ0n) is 10.7. The highest BCUT2D eigenvalue weighted by Crippen LogP contribution is 2.24. The zero-order chi connectivity index (χ0) is 13.9. The fourth-order valence-corrected chi connectivity index (χ4v) is 2.43. The first kappa shape index (κ1) is 13.3. The molecule has 0 aliphatic rings. The summed E-state index contributed by atoms with van der Waals surface area (Å²) in [6.07, 6.45) is 3.80. The Balaban J connectivity index is 1.72. The third-order valence-electron chi connectivity index (χ3n) is 2.68. The molecule has 0 atom stereocenters. The number of H-pyrrole nitrogens is 1. The largest absolute Gasteiger partial charge is 0.361 e. The Labute approximate surface area is 124 Å². The summed E-state index contributed by atoms with van der Waals surface area (Å²) in [6.45, 7) is 0.414. The lowest BCUT2D eigenvalue weighted by Crippen LogP contribution is -2.02. The summed E-state index contributed by atoms with van der Waals surface area (Å²) >= 11 is 7.82. The highest BCUT2D eigenvalue weighted by atomic mass is 35.5. The van der Waals surface area contributed by atoms with Gasteiger partial charge in [0.2, 0.25) is 5.89 Å². The number of fused-ring (bicyclic) bond motifs is 1. The van der Waals surface area contributed by atoms with Gasteiger partial charge < -0.3 is 14.8 Å². The van der Waals surface area contributed by atoms with Crippen molar-refractivity contribution in [3.8, 4) is 0 Å². The van der Waals surface area contributed by atoms with E-state index >= 15 is 0 Å². The van der Waals surface area contributed by atoms with Crippen molar-refractivity contribution >= 4 is 40.2 Å². The zero-order valence-corrected chi connectivity index (χ0v) is 12.3. The van der Waals surface area contributed by atoms with Crippen molar-refractivity contribution in [1.82, 2.24) is 20.1 Å². The second-order valence-corrected chi connectivity index (χ2v) is 5.39. The molecule has 0 aliphatic heterocycles. The summed E-state index contributed by atoms with van der Waals surface area (Å²) in [5.74, 6) is 2.62. The van der Waals surface area contributed by atoms with Gasteiger partial charge in [0, 0.05) is 11.6 Å². The van der Waals surface area contributed by atoms with E-state index in [1.807, 2.05) is 12.3 Å². The first-order chi connectivity index (χ1) is 9.76. The Hall–Kier alpha value is -1.73. The standard InChI is InChI=1S/C12H12ClN5OS/c1-20-6-10-16-11(19-18-10)5-15-9-4-8(13)7-2-3-14-12(7)17-9/h2-4H,5-6H2,1H3,(H2,14,15,17). The molecule has 3 rings (SSSR count). The number of halogens is 1. The fraction of sp³-hybridized carbons (Fsp3) is 0.250. The molecule has 0 amide bonds. The molecule has 20 heavy (non-hydrogen) atoms. The van der Waals surface area contributed by atoms with Crippen LogP contribution in [0.25, 0.3) is 11.0 Å². The van der Waals surface area contributed by atoms with Crippen molar-refractivity contribution in [2.45, 2.75) is 12.3 Å². The number of nitrogens with zero attached hydrogens (tertiary/aromatic N) is 3. The van der Waals surface area contributed by atoms with Crippen LogP contribution in [0.3, 0.4) is 0 Å². The summed E-state index contributed by atoms with van der Waals surface area (Å²) in [6, 6.07) is 3.66. The quantitative estimate of drug-likeness (QED) is 0.754. The van der Waals surface area contributed by atoms with E-state index in [4.69, 9.17) is 16.1 Å². The summed E-state index contributed by atoms with van der Waals surface area (Å²) in [7, 11) is 0. The molecular formula is C12H12ClN5OS. The Morgan fingerprint density at radius 3 is 3.20 bits per heavy atom. The highest BCUT2D eigenvalue weighted by molar-refractivity contribution is 7.97. The van der Waals surface area contributed by atoms with Gasteiger partial charge in [-0.3, -0.25) is 0 Å². The van der Waals surface area contributed by atoms with Crippen molar-refractivity contribution in [2.24, 2.45) is 0 Å². The number of hydrogen-bond acceptors (Lipinski definition) is 6. The first-order valence-corrected chi connectivity index (χ1v) is 7.71. The molecule has 0 unspecified atom stereocenters. The Morgan fingerprint density at radius 1 is 1.45 bits per heavy atom. The van der Waals surface area contributed by atoms with E-state index in [1.54, 1.807) is 24.0 Å². The molecule has 0 spiro atoms. The molecule has 3 heterocycles. The highest BCUT2D eigenvalue weighted by Gasteiger charge is 2.08. The molecule has 0 bridgehead atoms. The van der Waals surface area contributed by atoms with Gasteiger partial charge in [0.15, 0.2) is 5.82 Å². The van der Waals surface area contributed by atoms with Crippen molar-refractivity contribution in [3.05, 3.63) is 35.1 Å². The van der Waals surface area contributed by atoms with Crippen molar-refractivity contribution in [1.29, 1.82) is 0 Å². The topological polar surface area (TPSA) is 79.6 Å². The number of thioether (sulfide) groups is 1. The third kappa shape index (κ3) is 2.73. The average Bonchev–Trinajstić information content (AvgIpc) is 3.06. The molecule has 3 aromatic heterocycles. The van der Waals surface area contributed by atoms with Crippen LogP contribution in [-0.2, 0) is 12.3 Å². The summed E-state index contributed by atoms with van der Waals surface area (Å²) in [5.41, 5.74) is 0.744. The molecule has 0 aliphatic carbocycles. The van der Waals surface area contributed by atoms with Gasteiger partial charge in [-0.1, -0.05) is 16.8 Å². The molecular weight excluding hydrogens is 298 g/mol. The van der Waals surface area contributed by atoms with Crippen molar-refractivity contribution in [3.63, 3.8) is 0 Å². The van der Waals surface area contributed by atoms with Gasteiger partial charge in [0.05, 0.1) is 17.3 Å². The predicted molar refractivity (Wildman–Crippen MR) is 79.9 cm³/mol. The molecule has 3 aromatic rings. The summed E-state index contributed by atoms with van der Waals surface area (Å²) in [4.78, 5) is 11.7. The number of aromatic nitrogens is 4. The van der Waals surface area contributed by atoms with E-state index in [-0.39, 0.29) is 0 Å². The number of nitrogens with one attached hydrogen (secondary N) is 2. The van der Waals surface area contributed by atoms with Gasteiger partial charge in [0.1, 0.15) is 11.5 Å². The maximum atomic E-state index is 6.18. The SMILES string of the molecule is CSCc1noc(CNc2cc(Cl)c3cc[nH]c3n2)n1. The van der Waals surface area contributed by atoms with Crippen LogP contribution in [0.15, 0.2) is 22.9 Å². The third-order valence-corrected chi connectivity index (χ3v) is 3.54. The fourth-order valence-electron chi connectivity index (χ4n) is 1.80. The molecule has 0 radical (unpaired) electrons. The number of hydrogen-bond donors (Lipinski definition) is 2. The average molecular weight is 310 g/mol. The van der Waals surface area contributed by atoms with Crippen molar-refractivity contribution < 1.29 is 4.52 Å². The number of rotatable bonds is 5. The van der Waals surface area contributed by atoms with Crippen LogP contribution in [0.2, 0.25) is 5.02 Å². The van der Waals surface area contributed by atoms with Gasteiger partial charge in [-0.05, 0) is 18.4 Å². The van der Waals surface area contributed by atoms with E-state index in [2.05, 4.69) is 25.4 Å². The van der Waals surface area contributed by atoms with E-state index in [9.17, 15) is 0 Å². The molecule has 2 N–H and O–H groups in total. The Morgan fingerprint density at radius 2 is 2.35 bits per heavy atom. The molecule has 0 fully saturated rings. The summed E-state index contributed by atoms with van der Waals surface area (Å²) in [5, 5.41) is 8.54. The van der Waals surface area contributed by atoms with Gasteiger partial charge in [-0.15, -0.1) is 0 Å². The lowest BCUT2D eigenvalue weighted by Gasteiger charge is -2.03. The van der Waals surface area contributed by atoms with Crippen LogP contribution in [-0.4, -0.2) is 26.4 Å². The lowest BCUT2D eigenvalue weighted by atomic mass is 10.3. The van der Waals surface area contributed by atoms with Gasteiger partial charge >= 0.3 is 0 Å². The van der Waals surface area contributed by atoms with Crippen LogP contribution in [0, 0.1) is 0 Å². The number of anilines is 1. The number of aromatic amines is 1. The summed E-state index contributed by atoms with van der Waals surface area (Å²) < 4.78 is 5.14. The van der Waals surface area contributed by atoms with E-state index in [1.165, 1.54) is 0 Å². The maximum absolute atomic E-state index is 6.18. The minimum Gasteiger partial charge on any atom is -0.361 e. The lowest BCUT2D eigenvalue weighted by molar-refractivity contribution is 0.379. The normalized spacial score (nSPS) is 11.1. The smallest absolute Gasteiger partial charge is 0.246 e. The number of pyridine rings is 1. The van der Waals surface area contributed by atoms with Crippen LogP contribution in [0.1, 0.15) is 11.7 Å². The molecule has 6 nitrogen and oxygen atoms in total. The molecule has 8 heteroatoms. The maximum Gasteiger partial charge on any atom is 0.246 e. The van der Waals surface area contributed by atoms with E-state index < -0.39 is 0 Å². The minimum atomic E-state index is 0.414. The molecule has 0 aromatic carbocycles. The predicted octanol–water partition coefficient (Wildman–Crippen LogP) is 3.07. The molecule has 0 saturated heterocycles. The van der Waals surface area contributed by atoms with Crippen LogP contribution in [0.5, 0.6) is 0 Å². The monoisotopic (exact) mass is 309 g/mol. The Kier molecular flexibility index (Phi) is 3.79. The Bertz CT molecular complexity index is 726. The van der Waals surface area contributed by atoms with Gasteiger partial charge in [-0.25, -0.2) is 4.98 Å². The van der Waals surface area contributed by atoms with Crippen molar-refractivity contribution in [2.75, 3.05) is 11.6 Å². The van der Waals surface area contributed by atoms with Gasteiger partial charge in [0.25, 0.3) is 0 Å². The second kappa shape index (κ2) is 5.72. The first-order valence-electron chi connectivity index (χ1n) is 5.94. The second-order valence-electron chi connectivity index (χ2n) is 4.12. The molecule has 104 valence electrons. The van der Waals surface area contributed by atoms with Crippen LogP contribution in [0.4, 0.5) is 5.82 Å². The van der Waals surface area contributed by atoms with Crippen LogP contribution >= 0.6 is 23.4 Å².